The van der Waals surface area contributed by atoms with Crippen LogP contribution in [0.1, 0.15) is 12.8 Å². The summed E-state index contributed by atoms with van der Waals surface area (Å²) < 4.78 is 0. The molecule has 1 fully saturated rings. The molecule has 14 heavy (non-hydrogen) atoms. The quantitative estimate of drug-likeness (QED) is 0.839. The van der Waals surface area contributed by atoms with Crippen LogP contribution < -0.4 is 11.1 Å². The summed E-state index contributed by atoms with van der Waals surface area (Å²) in [7, 11) is 0. The van der Waals surface area contributed by atoms with Crippen molar-refractivity contribution in [3.8, 4) is 0 Å². The van der Waals surface area contributed by atoms with Crippen molar-refractivity contribution in [1.29, 1.82) is 0 Å². The van der Waals surface area contributed by atoms with Crippen molar-refractivity contribution in [2.75, 3.05) is 11.9 Å². The third kappa shape index (κ3) is 2.32. The van der Waals surface area contributed by atoms with E-state index in [9.17, 15) is 0 Å². The summed E-state index contributed by atoms with van der Waals surface area (Å²) in [4.78, 5) is 0. The van der Waals surface area contributed by atoms with Crippen molar-refractivity contribution in [3.05, 3.63) is 28.2 Å². The molecular weight excluding hydrogens is 219 g/mol. The molecule has 0 atom stereocenters. The largest absolute Gasteiger partial charge is 0.382 e. The van der Waals surface area contributed by atoms with Crippen LogP contribution in [0.2, 0.25) is 10.0 Å². The second-order valence-electron chi connectivity index (χ2n) is 3.84. The van der Waals surface area contributed by atoms with Gasteiger partial charge in [0.1, 0.15) is 0 Å². The van der Waals surface area contributed by atoms with Gasteiger partial charge in [-0.2, -0.15) is 0 Å². The van der Waals surface area contributed by atoms with E-state index in [0.29, 0.717) is 10.0 Å². The first-order valence-corrected chi connectivity index (χ1v) is 5.32. The molecule has 1 aliphatic rings. The zero-order valence-electron chi connectivity index (χ0n) is 7.69. The van der Waals surface area contributed by atoms with Crippen LogP contribution in [0.15, 0.2) is 18.2 Å². The van der Waals surface area contributed by atoms with Crippen molar-refractivity contribution in [2.45, 2.75) is 18.4 Å². The zero-order valence-corrected chi connectivity index (χ0v) is 9.20. The Hall–Kier alpha value is -0.440. The molecule has 4 heteroatoms. The van der Waals surface area contributed by atoms with Crippen molar-refractivity contribution < 1.29 is 0 Å². The van der Waals surface area contributed by atoms with E-state index in [1.54, 1.807) is 12.1 Å². The molecule has 0 radical (unpaired) electrons. The third-order valence-electron chi connectivity index (χ3n) is 2.45. The normalized spacial score (nSPS) is 17.9. The zero-order chi connectivity index (χ0) is 10.2. The number of halogens is 2. The SMILES string of the molecule is NC1(CNc2cc(Cl)ccc2Cl)CC1. The fourth-order valence-corrected chi connectivity index (χ4v) is 1.60. The number of hydrogen-bond acceptors (Lipinski definition) is 2. The average Bonchev–Trinajstić information content (AvgIpc) is 2.87. The molecule has 3 N–H and O–H groups in total. The number of hydrogen-bond donors (Lipinski definition) is 2. The van der Waals surface area contributed by atoms with Gasteiger partial charge in [-0.15, -0.1) is 0 Å². The monoisotopic (exact) mass is 230 g/mol. The Balaban J connectivity index is 2.04. The van der Waals surface area contributed by atoms with E-state index < -0.39 is 0 Å². The first kappa shape index (κ1) is 10.1. The summed E-state index contributed by atoms with van der Waals surface area (Å²) in [6, 6.07) is 5.36. The van der Waals surface area contributed by atoms with Gasteiger partial charge in [-0.3, -0.25) is 0 Å². The molecule has 1 aliphatic carbocycles. The maximum atomic E-state index is 5.98. The molecule has 0 saturated heterocycles. The van der Waals surface area contributed by atoms with Gasteiger partial charge in [-0.25, -0.2) is 0 Å². The van der Waals surface area contributed by atoms with Gasteiger partial charge in [-0.05, 0) is 31.0 Å². The Bertz CT molecular complexity index is 348. The standard InChI is InChI=1S/C10H12Cl2N2/c11-7-1-2-8(12)9(5-7)14-6-10(13)3-4-10/h1-2,5,14H,3-4,6,13H2. The molecule has 0 amide bonds. The smallest absolute Gasteiger partial charge is 0.0638 e. The summed E-state index contributed by atoms with van der Waals surface area (Å²) in [5, 5.41) is 4.57. The van der Waals surface area contributed by atoms with Crippen LogP contribution in [0.3, 0.4) is 0 Å². The van der Waals surface area contributed by atoms with Gasteiger partial charge in [0.15, 0.2) is 0 Å². The van der Waals surface area contributed by atoms with Gasteiger partial charge in [0, 0.05) is 17.1 Å². The van der Waals surface area contributed by atoms with E-state index in [0.717, 1.165) is 25.1 Å². The fraction of sp³-hybridized carbons (Fsp3) is 0.400. The highest BCUT2D eigenvalue weighted by Crippen LogP contribution is 2.33. The average molecular weight is 231 g/mol. The molecule has 0 unspecified atom stereocenters. The van der Waals surface area contributed by atoms with Crippen LogP contribution in [0, 0.1) is 0 Å². The number of nitrogens with two attached hydrogens (primary N) is 1. The summed E-state index contributed by atoms with van der Waals surface area (Å²) in [5.74, 6) is 0. The lowest BCUT2D eigenvalue weighted by molar-refractivity contribution is 0.713. The van der Waals surface area contributed by atoms with Crippen LogP contribution in [0.5, 0.6) is 0 Å². The van der Waals surface area contributed by atoms with Gasteiger partial charge >= 0.3 is 0 Å². The molecule has 1 aromatic rings. The van der Waals surface area contributed by atoms with Gasteiger partial charge in [0.25, 0.3) is 0 Å². The van der Waals surface area contributed by atoms with Gasteiger partial charge in [0.2, 0.25) is 0 Å². The van der Waals surface area contributed by atoms with E-state index in [4.69, 9.17) is 28.9 Å². The molecule has 2 rings (SSSR count). The highest BCUT2D eigenvalue weighted by atomic mass is 35.5. The predicted octanol–water partition coefficient (Wildman–Crippen LogP) is 2.90. The summed E-state index contributed by atoms with van der Waals surface area (Å²) >= 11 is 11.8. The number of anilines is 1. The topological polar surface area (TPSA) is 38.0 Å². The molecule has 1 saturated carbocycles. The molecule has 76 valence electrons. The first-order chi connectivity index (χ1) is 6.59. The minimum Gasteiger partial charge on any atom is -0.382 e. The van der Waals surface area contributed by atoms with Gasteiger partial charge in [0.05, 0.1) is 10.7 Å². The van der Waals surface area contributed by atoms with Crippen LogP contribution in [0.25, 0.3) is 0 Å². The van der Waals surface area contributed by atoms with Crippen LogP contribution in [0.4, 0.5) is 5.69 Å². The Labute approximate surface area is 93.4 Å². The summed E-state index contributed by atoms with van der Waals surface area (Å²) in [6.07, 6.45) is 2.16. The van der Waals surface area contributed by atoms with E-state index in [1.165, 1.54) is 0 Å². The highest BCUT2D eigenvalue weighted by molar-refractivity contribution is 6.35. The molecule has 0 aromatic heterocycles. The van der Waals surface area contributed by atoms with E-state index in [-0.39, 0.29) is 5.54 Å². The van der Waals surface area contributed by atoms with Gasteiger partial charge in [-0.1, -0.05) is 23.2 Å². The summed E-state index contributed by atoms with van der Waals surface area (Å²) in [5.41, 5.74) is 6.78. The minimum absolute atomic E-state index is 0.0222. The van der Waals surface area contributed by atoms with Crippen LogP contribution >= 0.6 is 23.2 Å². The number of rotatable bonds is 3. The van der Waals surface area contributed by atoms with E-state index >= 15 is 0 Å². The number of nitrogens with one attached hydrogen (secondary N) is 1. The highest BCUT2D eigenvalue weighted by Gasteiger charge is 2.37. The molecule has 0 aliphatic heterocycles. The lowest BCUT2D eigenvalue weighted by Crippen LogP contribution is -2.31. The maximum absolute atomic E-state index is 5.98. The van der Waals surface area contributed by atoms with Crippen molar-refractivity contribution in [2.24, 2.45) is 5.73 Å². The lowest BCUT2D eigenvalue weighted by Gasteiger charge is -2.12. The minimum atomic E-state index is -0.0222. The molecule has 0 heterocycles. The van der Waals surface area contributed by atoms with Crippen LogP contribution in [-0.4, -0.2) is 12.1 Å². The van der Waals surface area contributed by atoms with Crippen molar-refractivity contribution in [3.63, 3.8) is 0 Å². The van der Waals surface area contributed by atoms with E-state index in [2.05, 4.69) is 5.32 Å². The fourth-order valence-electron chi connectivity index (χ4n) is 1.24. The Kier molecular flexibility index (Phi) is 2.60. The third-order valence-corrected chi connectivity index (χ3v) is 3.02. The number of benzene rings is 1. The molecule has 1 aromatic carbocycles. The predicted molar refractivity (Wildman–Crippen MR) is 61.1 cm³/mol. The Morgan fingerprint density at radius 1 is 1.36 bits per heavy atom. The summed E-state index contributed by atoms with van der Waals surface area (Å²) in [6.45, 7) is 0.757. The Morgan fingerprint density at radius 3 is 2.71 bits per heavy atom. The second kappa shape index (κ2) is 3.61. The molecule has 2 nitrogen and oxygen atoms in total. The van der Waals surface area contributed by atoms with E-state index in [1.807, 2.05) is 6.07 Å². The molecule has 0 bridgehead atoms. The second-order valence-corrected chi connectivity index (χ2v) is 4.68. The lowest BCUT2D eigenvalue weighted by atomic mass is 10.2. The maximum Gasteiger partial charge on any atom is 0.0638 e. The molecular formula is C10H12Cl2N2. The molecule has 0 spiro atoms. The first-order valence-electron chi connectivity index (χ1n) is 4.57. The van der Waals surface area contributed by atoms with Crippen molar-refractivity contribution >= 4 is 28.9 Å². The Morgan fingerprint density at radius 2 is 2.07 bits per heavy atom. The van der Waals surface area contributed by atoms with Crippen LogP contribution in [-0.2, 0) is 0 Å². The van der Waals surface area contributed by atoms with Crippen molar-refractivity contribution in [1.82, 2.24) is 0 Å². The van der Waals surface area contributed by atoms with Gasteiger partial charge < -0.3 is 11.1 Å².